The highest BCUT2D eigenvalue weighted by Gasteiger charge is 2.44. The molecule has 2 aromatic rings. The van der Waals surface area contributed by atoms with E-state index in [-0.39, 0.29) is 24.0 Å². The fourth-order valence-corrected chi connectivity index (χ4v) is 4.29. The molecule has 0 saturated carbocycles. The molecular formula is C20H18N4O5S. The molecule has 2 aliphatic heterocycles. The summed E-state index contributed by atoms with van der Waals surface area (Å²) in [5.41, 5.74) is 1.74. The maximum Gasteiger partial charge on any atom is 0.319 e. The molecule has 1 fully saturated rings. The van der Waals surface area contributed by atoms with Crippen molar-refractivity contribution >= 4 is 46.7 Å². The van der Waals surface area contributed by atoms with E-state index in [1.807, 2.05) is 18.4 Å². The van der Waals surface area contributed by atoms with Gasteiger partial charge in [0.2, 0.25) is 11.8 Å². The van der Waals surface area contributed by atoms with Crippen molar-refractivity contribution in [3.63, 3.8) is 0 Å². The molecule has 154 valence electrons. The number of amides is 6. The molecule has 1 unspecified atom stereocenters. The minimum atomic E-state index is -1.02. The van der Waals surface area contributed by atoms with Gasteiger partial charge in [0.25, 0.3) is 11.8 Å². The van der Waals surface area contributed by atoms with E-state index in [0.29, 0.717) is 12.2 Å². The van der Waals surface area contributed by atoms with Crippen LogP contribution in [0.2, 0.25) is 0 Å². The molecular weight excluding hydrogens is 408 g/mol. The van der Waals surface area contributed by atoms with Gasteiger partial charge in [-0.2, -0.15) is 0 Å². The molecule has 6 amide bonds. The van der Waals surface area contributed by atoms with Crippen molar-refractivity contribution in [2.24, 2.45) is 0 Å². The molecule has 1 saturated heterocycles. The number of fused-ring (bicyclic) bond motifs is 1. The van der Waals surface area contributed by atoms with Crippen molar-refractivity contribution in [3.05, 3.63) is 51.2 Å². The number of imide groups is 2. The van der Waals surface area contributed by atoms with Crippen molar-refractivity contribution < 1.29 is 24.0 Å². The van der Waals surface area contributed by atoms with Crippen LogP contribution in [0.15, 0.2) is 29.6 Å². The standard InChI is InChI=1S/C20H18N4O5S/c1-10-6-12(30-9-10)8-21-20(29)22-11-2-3-13-14(7-11)19(28)24(18(13)27)15-4-5-16(25)23-17(15)26/h2-3,6-7,9,15H,4-5,8H2,1H3,(H2,21,22,29)(H,23,25,26). The quantitative estimate of drug-likeness (QED) is 0.643. The third kappa shape index (κ3) is 3.69. The monoisotopic (exact) mass is 426 g/mol. The van der Waals surface area contributed by atoms with Gasteiger partial charge in [-0.3, -0.25) is 29.4 Å². The Bertz CT molecular complexity index is 1090. The highest BCUT2D eigenvalue weighted by molar-refractivity contribution is 7.10. The molecule has 1 atom stereocenters. The molecule has 10 heteroatoms. The van der Waals surface area contributed by atoms with Crippen molar-refractivity contribution in [1.82, 2.24) is 15.5 Å². The Kier molecular flexibility index (Phi) is 5.08. The first kappa shape index (κ1) is 19.8. The van der Waals surface area contributed by atoms with Crippen molar-refractivity contribution in [2.75, 3.05) is 5.32 Å². The van der Waals surface area contributed by atoms with E-state index in [4.69, 9.17) is 0 Å². The van der Waals surface area contributed by atoms with E-state index in [9.17, 15) is 24.0 Å². The van der Waals surface area contributed by atoms with Gasteiger partial charge in [0.1, 0.15) is 6.04 Å². The maximum atomic E-state index is 12.8. The Morgan fingerprint density at radius 2 is 1.93 bits per heavy atom. The van der Waals surface area contributed by atoms with E-state index in [1.54, 1.807) is 11.3 Å². The second kappa shape index (κ2) is 7.71. The van der Waals surface area contributed by atoms with Crippen LogP contribution in [0.1, 0.15) is 44.0 Å². The Morgan fingerprint density at radius 1 is 1.17 bits per heavy atom. The number of piperidine rings is 1. The summed E-state index contributed by atoms with van der Waals surface area (Å²) in [6, 6.07) is 4.89. The molecule has 3 N–H and O–H groups in total. The fourth-order valence-electron chi connectivity index (χ4n) is 3.47. The van der Waals surface area contributed by atoms with Gasteiger partial charge in [0.15, 0.2) is 0 Å². The van der Waals surface area contributed by atoms with Gasteiger partial charge in [0.05, 0.1) is 17.7 Å². The SMILES string of the molecule is Cc1csc(CNC(=O)Nc2ccc3c(c2)C(=O)N(C2CCC(=O)NC2=O)C3=O)c1. The minimum absolute atomic E-state index is 0.0561. The lowest BCUT2D eigenvalue weighted by Crippen LogP contribution is -2.54. The summed E-state index contributed by atoms with van der Waals surface area (Å²) in [5.74, 6) is -2.30. The van der Waals surface area contributed by atoms with Crippen LogP contribution < -0.4 is 16.0 Å². The summed E-state index contributed by atoms with van der Waals surface area (Å²) in [7, 11) is 0. The number of anilines is 1. The van der Waals surface area contributed by atoms with E-state index in [0.717, 1.165) is 15.3 Å². The first-order valence-electron chi connectivity index (χ1n) is 9.28. The summed E-state index contributed by atoms with van der Waals surface area (Å²) < 4.78 is 0. The maximum absolute atomic E-state index is 12.8. The zero-order valence-corrected chi connectivity index (χ0v) is 16.8. The number of urea groups is 1. The second-order valence-corrected chi connectivity index (χ2v) is 8.10. The molecule has 0 spiro atoms. The molecule has 2 aliphatic rings. The Labute approximate surface area is 175 Å². The van der Waals surface area contributed by atoms with Crippen LogP contribution in [0.3, 0.4) is 0 Å². The van der Waals surface area contributed by atoms with Crippen LogP contribution in [-0.4, -0.2) is 40.6 Å². The number of nitrogens with zero attached hydrogens (tertiary/aromatic N) is 1. The Hall–Kier alpha value is -3.53. The number of hydrogen-bond donors (Lipinski definition) is 3. The summed E-state index contributed by atoms with van der Waals surface area (Å²) in [6.07, 6.45) is 0.145. The van der Waals surface area contributed by atoms with Gasteiger partial charge in [-0.05, 0) is 48.6 Å². The lowest BCUT2D eigenvalue weighted by atomic mass is 10.0. The first-order valence-corrected chi connectivity index (χ1v) is 10.2. The third-order valence-corrected chi connectivity index (χ3v) is 5.96. The Balaban J connectivity index is 1.45. The summed E-state index contributed by atoms with van der Waals surface area (Å²) >= 11 is 1.54. The largest absolute Gasteiger partial charge is 0.333 e. The number of benzene rings is 1. The zero-order valence-electron chi connectivity index (χ0n) is 16.0. The summed E-state index contributed by atoms with van der Waals surface area (Å²) in [5, 5.41) is 9.52. The number of aryl methyl sites for hydroxylation is 1. The molecule has 3 heterocycles. The summed E-state index contributed by atoms with van der Waals surface area (Å²) in [6.45, 7) is 2.34. The predicted molar refractivity (Wildman–Crippen MR) is 108 cm³/mol. The predicted octanol–water partition coefficient (Wildman–Crippen LogP) is 1.78. The van der Waals surface area contributed by atoms with Crippen LogP contribution in [0.4, 0.5) is 10.5 Å². The highest BCUT2D eigenvalue weighted by Crippen LogP contribution is 2.29. The number of rotatable bonds is 4. The van der Waals surface area contributed by atoms with E-state index >= 15 is 0 Å². The molecule has 0 aliphatic carbocycles. The molecule has 1 aromatic heterocycles. The van der Waals surface area contributed by atoms with Gasteiger partial charge >= 0.3 is 6.03 Å². The number of thiophene rings is 1. The van der Waals surface area contributed by atoms with E-state index in [1.165, 1.54) is 18.2 Å². The van der Waals surface area contributed by atoms with Gasteiger partial charge < -0.3 is 10.6 Å². The van der Waals surface area contributed by atoms with Crippen LogP contribution >= 0.6 is 11.3 Å². The minimum Gasteiger partial charge on any atom is -0.333 e. The first-order chi connectivity index (χ1) is 14.3. The molecule has 0 radical (unpaired) electrons. The number of carbonyl (C=O) groups excluding carboxylic acids is 5. The van der Waals surface area contributed by atoms with E-state index < -0.39 is 35.7 Å². The molecule has 30 heavy (non-hydrogen) atoms. The van der Waals surface area contributed by atoms with Crippen LogP contribution in [-0.2, 0) is 16.1 Å². The second-order valence-electron chi connectivity index (χ2n) is 7.11. The topological polar surface area (TPSA) is 125 Å². The van der Waals surface area contributed by atoms with Crippen LogP contribution in [0, 0.1) is 6.92 Å². The lowest BCUT2D eigenvalue weighted by Gasteiger charge is -2.27. The van der Waals surface area contributed by atoms with E-state index in [2.05, 4.69) is 16.0 Å². The third-order valence-electron chi connectivity index (χ3n) is 4.91. The molecule has 9 nitrogen and oxygen atoms in total. The number of nitrogens with one attached hydrogen (secondary N) is 3. The van der Waals surface area contributed by atoms with Crippen LogP contribution in [0.5, 0.6) is 0 Å². The van der Waals surface area contributed by atoms with Gasteiger partial charge in [-0.25, -0.2) is 4.79 Å². The average Bonchev–Trinajstić information content (AvgIpc) is 3.22. The lowest BCUT2D eigenvalue weighted by molar-refractivity contribution is -0.136. The van der Waals surface area contributed by atoms with Crippen LogP contribution in [0.25, 0.3) is 0 Å². The fraction of sp³-hybridized carbons (Fsp3) is 0.250. The zero-order chi connectivity index (χ0) is 21.4. The highest BCUT2D eigenvalue weighted by atomic mass is 32.1. The average molecular weight is 426 g/mol. The van der Waals surface area contributed by atoms with Gasteiger partial charge in [0, 0.05) is 17.0 Å². The number of carbonyl (C=O) groups is 5. The Morgan fingerprint density at radius 3 is 2.63 bits per heavy atom. The van der Waals surface area contributed by atoms with Crippen molar-refractivity contribution in [1.29, 1.82) is 0 Å². The smallest absolute Gasteiger partial charge is 0.319 e. The molecule has 0 bridgehead atoms. The van der Waals surface area contributed by atoms with Crippen molar-refractivity contribution in [3.8, 4) is 0 Å². The normalized spacial score (nSPS) is 18.3. The molecule has 4 rings (SSSR count). The van der Waals surface area contributed by atoms with Gasteiger partial charge in [-0.1, -0.05) is 0 Å². The van der Waals surface area contributed by atoms with Crippen molar-refractivity contribution in [2.45, 2.75) is 32.4 Å². The van der Waals surface area contributed by atoms with Gasteiger partial charge in [-0.15, -0.1) is 11.3 Å². The summed E-state index contributed by atoms with van der Waals surface area (Å²) in [4.78, 5) is 63.0. The molecule has 1 aromatic carbocycles. The number of hydrogen-bond acceptors (Lipinski definition) is 6.